The van der Waals surface area contributed by atoms with Gasteiger partial charge in [0.2, 0.25) is 5.91 Å². The molecule has 2 heterocycles. The Morgan fingerprint density at radius 2 is 2.04 bits per heavy atom. The molecule has 1 aliphatic rings. The molecule has 4 rings (SSSR count). The Labute approximate surface area is 145 Å². The molecule has 128 valence electrons. The number of nitrogens with zero attached hydrogens (tertiary/aromatic N) is 2. The van der Waals surface area contributed by atoms with Crippen LogP contribution in [0.3, 0.4) is 0 Å². The van der Waals surface area contributed by atoms with Crippen LogP contribution in [0.15, 0.2) is 48.7 Å². The molecule has 1 aliphatic carbocycles. The molecule has 1 saturated carbocycles. The van der Waals surface area contributed by atoms with Crippen molar-refractivity contribution >= 4 is 16.8 Å². The molecule has 0 bridgehead atoms. The molecule has 2 aromatic heterocycles. The van der Waals surface area contributed by atoms with E-state index in [1.807, 2.05) is 42.5 Å². The highest BCUT2D eigenvalue weighted by Gasteiger charge is 2.36. The molecule has 25 heavy (non-hydrogen) atoms. The minimum atomic E-state index is -0.273. The predicted octanol–water partition coefficient (Wildman–Crippen LogP) is 2.13. The van der Waals surface area contributed by atoms with E-state index in [0.717, 1.165) is 22.3 Å². The monoisotopic (exact) mass is 336 g/mol. The third kappa shape index (κ3) is 3.25. The van der Waals surface area contributed by atoms with E-state index in [4.69, 9.17) is 0 Å². The van der Waals surface area contributed by atoms with Gasteiger partial charge < -0.3 is 10.4 Å². The molecule has 1 fully saturated rings. The Balaban J connectivity index is 1.50. The molecule has 1 atom stereocenters. The van der Waals surface area contributed by atoms with Gasteiger partial charge in [-0.05, 0) is 37.0 Å². The number of hydrogen-bond donors (Lipinski definition) is 3. The van der Waals surface area contributed by atoms with Gasteiger partial charge >= 0.3 is 0 Å². The summed E-state index contributed by atoms with van der Waals surface area (Å²) < 4.78 is 0. The van der Waals surface area contributed by atoms with Gasteiger partial charge in [-0.15, -0.1) is 0 Å². The van der Waals surface area contributed by atoms with E-state index >= 15 is 0 Å². The van der Waals surface area contributed by atoms with Gasteiger partial charge in [0, 0.05) is 11.6 Å². The number of aliphatic hydroxyl groups excluding tert-OH is 1. The Hall–Kier alpha value is -2.73. The van der Waals surface area contributed by atoms with Crippen molar-refractivity contribution in [3.05, 3.63) is 60.0 Å². The number of carbonyl (C=O) groups excluding carboxylic acids is 1. The summed E-state index contributed by atoms with van der Waals surface area (Å²) in [6, 6.07) is 13.2. The summed E-state index contributed by atoms with van der Waals surface area (Å²) in [6.07, 6.45) is 3.07. The topological polar surface area (TPSA) is 90.9 Å². The molecule has 0 spiro atoms. The first-order valence-corrected chi connectivity index (χ1v) is 8.51. The fourth-order valence-electron chi connectivity index (χ4n) is 3.43. The van der Waals surface area contributed by atoms with E-state index in [0.29, 0.717) is 12.8 Å². The van der Waals surface area contributed by atoms with Gasteiger partial charge in [-0.1, -0.05) is 24.3 Å². The third-order valence-electron chi connectivity index (χ3n) is 4.82. The molecule has 1 unspecified atom stereocenters. The average molecular weight is 336 g/mol. The van der Waals surface area contributed by atoms with E-state index in [2.05, 4.69) is 20.5 Å². The Morgan fingerprint density at radius 3 is 2.80 bits per heavy atom. The highest BCUT2D eigenvalue weighted by Crippen LogP contribution is 2.37. The maximum atomic E-state index is 12.6. The van der Waals surface area contributed by atoms with Gasteiger partial charge in [-0.3, -0.25) is 14.9 Å². The number of hydrogen-bond acceptors (Lipinski definition) is 4. The minimum absolute atomic E-state index is 0.0774. The van der Waals surface area contributed by atoms with Gasteiger partial charge in [-0.25, -0.2) is 0 Å². The van der Waals surface area contributed by atoms with Gasteiger partial charge in [0.15, 0.2) is 0 Å². The van der Waals surface area contributed by atoms with E-state index < -0.39 is 0 Å². The van der Waals surface area contributed by atoms with Crippen molar-refractivity contribution in [1.29, 1.82) is 0 Å². The Bertz CT molecular complexity index is 871. The molecule has 6 heteroatoms. The first-order chi connectivity index (χ1) is 12.2. The van der Waals surface area contributed by atoms with E-state index in [9.17, 15) is 9.90 Å². The SMILES string of the molecule is O=C(Cc1[nH]nc2ccccc12)NC(c1ccccn1)C1CC(O)C1. The standard InChI is InChI=1S/C19H20N4O2/c24-13-9-12(10-13)19(16-7-3-4-8-20-16)21-18(25)11-17-14-5-1-2-6-15(14)22-23-17/h1-8,12-13,19,24H,9-11H2,(H,21,25)(H,22,23). The number of para-hydroxylation sites is 1. The lowest BCUT2D eigenvalue weighted by Gasteiger charge is -2.37. The lowest BCUT2D eigenvalue weighted by atomic mass is 9.76. The molecule has 0 aliphatic heterocycles. The van der Waals surface area contributed by atoms with Crippen molar-refractivity contribution in [2.75, 3.05) is 0 Å². The molecular weight excluding hydrogens is 316 g/mol. The maximum absolute atomic E-state index is 12.6. The predicted molar refractivity (Wildman–Crippen MR) is 93.6 cm³/mol. The van der Waals surface area contributed by atoms with Crippen molar-refractivity contribution in [2.24, 2.45) is 5.92 Å². The van der Waals surface area contributed by atoms with Gasteiger partial charge in [0.05, 0.1) is 35.5 Å². The molecule has 6 nitrogen and oxygen atoms in total. The van der Waals surface area contributed by atoms with E-state index in [1.165, 1.54) is 0 Å². The number of amides is 1. The number of benzene rings is 1. The van der Waals surface area contributed by atoms with Crippen LogP contribution in [0.25, 0.3) is 10.9 Å². The normalized spacial score (nSPS) is 20.8. The summed E-state index contributed by atoms with van der Waals surface area (Å²) in [5, 5.41) is 20.9. The van der Waals surface area contributed by atoms with Crippen LogP contribution in [-0.4, -0.2) is 32.3 Å². The van der Waals surface area contributed by atoms with Crippen molar-refractivity contribution in [3.63, 3.8) is 0 Å². The lowest BCUT2D eigenvalue weighted by Crippen LogP contribution is -2.42. The summed E-state index contributed by atoms with van der Waals surface area (Å²) in [7, 11) is 0. The Morgan fingerprint density at radius 1 is 1.24 bits per heavy atom. The van der Waals surface area contributed by atoms with Crippen LogP contribution in [0, 0.1) is 5.92 Å². The summed E-state index contributed by atoms with van der Waals surface area (Å²) in [5.74, 6) is 0.138. The van der Waals surface area contributed by atoms with Gasteiger partial charge in [-0.2, -0.15) is 5.10 Å². The van der Waals surface area contributed by atoms with Crippen LogP contribution in [0.4, 0.5) is 0 Å². The van der Waals surface area contributed by atoms with Crippen LogP contribution in [0.2, 0.25) is 0 Å². The molecular formula is C19H20N4O2. The van der Waals surface area contributed by atoms with Crippen LogP contribution in [-0.2, 0) is 11.2 Å². The number of pyridine rings is 1. The lowest BCUT2D eigenvalue weighted by molar-refractivity contribution is -0.122. The van der Waals surface area contributed by atoms with Crippen molar-refractivity contribution in [1.82, 2.24) is 20.5 Å². The van der Waals surface area contributed by atoms with Crippen LogP contribution in [0.1, 0.15) is 30.3 Å². The third-order valence-corrected chi connectivity index (χ3v) is 4.82. The second kappa shape index (κ2) is 6.64. The number of aromatic nitrogens is 3. The summed E-state index contributed by atoms with van der Waals surface area (Å²) in [4.78, 5) is 17.0. The van der Waals surface area contributed by atoms with E-state index in [-0.39, 0.29) is 30.4 Å². The van der Waals surface area contributed by atoms with Gasteiger partial charge in [0.1, 0.15) is 0 Å². The van der Waals surface area contributed by atoms with Crippen LogP contribution >= 0.6 is 0 Å². The number of aliphatic hydroxyl groups is 1. The largest absolute Gasteiger partial charge is 0.393 e. The Kier molecular flexibility index (Phi) is 4.19. The zero-order valence-electron chi connectivity index (χ0n) is 13.7. The smallest absolute Gasteiger partial charge is 0.226 e. The molecule has 3 N–H and O–H groups in total. The molecule has 1 aromatic carbocycles. The van der Waals surface area contributed by atoms with E-state index in [1.54, 1.807) is 6.20 Å². The number of carbonyl (C=O) groups is 1. The molecule has 1 amide bonds. The quantitative estimate of drug-likeness (QED) is 0.666. The fourth-order valence-corrected chi connectivity index (χ4v) is 3.43. The van der Waals surface area contributed by atoms with Gasteiger partial charge in [0.25, 0.3) is 0 Å². The fraction of sp³-hybridized carbons (Fsp3) is 0.316. The van der Waals surface area contributed by atoms with Crippen LogP contribution in [0.5, 0.6) is 0 Å². The van der Waals surface area contributed by atoms with Crippen molar-refractivity contribution in [3.8, 4) is 0 Å². The number of aromatic amines is 1. The molecule has 0 radical (unpaired) electrons. The molecule has 0 saturated heterocycles. The van der Waals surface area contributed by atoms with Crippen molar-refractivity contribution in [2.45, 2.75) is 31.4 Å². The van der Waals surface area contributed by atoms with Crippen LogP contribution < -0.4 is 5.32 Å². The highest BCUT2D eigenvalue weighted by atomic mass is 16.3. The van der Waals surface area contributed by atoms with Crippen molar-refractivity contribution < 1.29 is 9.90 Å². The summed E-state index contributed by atoms with van der Waals surface area (Å²) in [5.41, 5.74) is 2.50. The maximum Gasteiger partial charge on any atom is 0.226 e. The minimum Gasteiger partial charge on any atom is -0.393 e. The first kappa shape index (κ1) is 15.8. The number of rotatable bonds is 5. The summed E-state index contributed by atoms with van der Waals surface area (Å²) in [6.45, 7) is 0. The summed E-state index contributed by atoms with van der Waals surface area (Å²) >= 11 is 0. The number of H-pyrrole nitrogens is 1. The number of fused-ring (bicyclic) bond motifs is 1. The second-order valence-electron chi connectivity index (χ2n) is 6.58. The second-order valence-corrected chi connectivity index (χ2v) is 6.58. The first-order valence-electron chi connectivity index (χ1n) is 8.51. The number of nitrogens with one attached hydrogen (secondary N) is 2. The average Bonchev–Trinajstić information content (AvgIpc) is 3.01. The highest BCUT2D eigenvalue weighted by molar-refractivity contribution is 5.87. The molecule has 3 aromatic rings. The zero-order chi connectivity index (χ0) is 17.2. The zero-order valence-corrected chi connectivity index (χ0v) is 13.7.